The molecule has 26 heavy (non-hydrogen) atoms. The molecular formula is C19H16ClFN2O2S. The van der Waals surface area contributed by atoms with E-state index in [-0.39, 0.29) is 16.5 Å². The second-order valence-electron chi connectivity index (χ2n) is 5.91. The average molecular weight is 391 g/mol. The standard InChI is InChI=1S/C19H16ClFN2O2S/c1-12-3-6-16(10-18(12)20)26(24,25)23-19-8-4-14(11-22-19)17-7-5-15(21)9-13(17)2/h3-11H,1-2H3,(H,22,23). The molecule has 0 aliphatic rings. The first-order chi connectivity index (χ1) is 12.3. The van der Waals surface area contributed by atoms with Crippen LogP contribution in [-0.4, -0.2) is 13.4 Å². The van der Waals surface area contributed by atoms with E-state index >= 15 is 0 Å². The molecule has 1 N–H and O–H groups in total. The highest BCUT2D eigenvalue weighted by Crippen LogP contribution is 2.25. The summed E-state index contributed by atoms with van der Waals surface area (Å²) >= 11 is 6.00. The first-order valence-electron chi connectivity index (χ1n) is 7.78. The Morgan fingerprint density at radius 2 is 1.77 bits per heavy atom. The molecule has 3 rings (SSSR count). The quantitative estimate of drug-likeness (QED) is 0.685. The Labute approximate surface area is 156 Å². The normalized spacial score (nSPS) is 11.4. The molecular weight excluding hydrogens is 375 g/mol. The Morgan fingerprint density at radius 3 is 2.38 bits per heavy atom. The van der Waals surface area contributed by atoms with Crippen molar-refractivity contribution in [2.75, 3.05) is 4.72 Å². The van der Waals surface area contributed by atoms with Crippen LogP contribution in [0, 0.1) is 19.7 Å². The minimum Gasteiger partial charge on any atom is -0.263 e. The molecule has 0 aliphatic heterocycles. The van der Waals surface area contributed by atoms with Crippen molar-refractivity contribution < 1.29 is 12.8 Å². The van der Waals surface area contributed by atoms with Gasteiger partial charge in [-0.05, 0) is 66.9 Å². The third-order valence-corrected chi connectivity index (χ3v) is 5.72. The molecule has 0 radical (unpaired) electrons. The van der Waals surface area contributed by atoms with Gasteiger partial charge in [0.2, 0.25) is 0 Å². The van der Waals surface area contributed by atoms with Crippen LogP contribution in [0.3, 0.4) is 0 Å². The molecule has 0 aliphatic carbocycles. The number of benzene rings is 2. The lowest BCUT2D eigenvalue weighted by Crippen LogP contribution is -2.14. The second-order valence-corrected chi connectivity index (χ2v) is 8.00. The van der Waals surface area contributed by atoms with Crippen molar-refractivity contribution in [1.29, 1.82) is 0 Å². The van der Waals surface area contributed by atoms with E-state index in [2.05, 4.69) is 9.71 Å². The van der Waals surface area contributed by atoms with Crippen LogP contribution in [0.1, 0.15) is 11.1 Å². The van der Waals surface area contributed by atoms with Gasteiger partial charge in [-0.2, -0.15) is 0 Å². The Bertz CT molecular complexity index is 1070. The van der Waals surface area contributed by atoms with E-state index in [1.807, 2.05) is 0 Å². The topological polar surface area (TPSA) is 59.1 Å². The first kappa shape index (κ1) is 18.4. The summed E-state index contributed by atoms with van der Waals surface area (Å²) in [6, 6.07) is 12.3. The van der Waals surface area contributed by atoms with Crippen molar-refractivity contribution >= 4 is 27.4 Å². The van der Waals surface area contributed by atoms with Crippen molar-refractivity contribution in [2.24, 2.45) is 0 Å². The van der Waals surface area contributed by atoms with Gasteiger partial charge in [0.15, 0.2) is 0 Å². The number of anilines is 1. The molecule has 134 valence electrons. The van der Waals surface area contributed by atoms with E-state index in [1.54, 1.807) is 44.3 Å². The number of nitrogens with one attached hydrogen (secondary N) is 1. The van der Waals surface area contributed by atoms with Crippen LogP contribution in [0.2, 0.25) is 5.02 Å². The van der Waals surface area contributed by atoms with Crippen molar-refractivity contribution in [3.8, 4) is 11.1 Å². The minimum atomic E-state index is -3.79. The van der Waals surface area contributed by atoms with Crippen molar-refractivity contribution in [3.63, 3.8) is 0 Å². The SMILES string of the molecule is Cc1ccc(S(=O)(=O)Nc2ccc(-c3ccc(F)cc3C)cn2)cc1Cl. The maximum atomic E-state index is 13.2. The molecule has 0 saturated heterocycles. The average Bonchev–Trinajstić information content (AvgIpc) is 2.58. The Hall–Kier alpha value is -2.44. The van der Waals surface area contributed by atoms with Crippen LogP contribution in [0.5, 0.6) is 0 Å². The summed E-state index contributed by atoms with van der Waals surface area (Å²) in [5.41, 5.74) is 3.17. The third kappa shape index (κ3) is 3.86. The largest absolute Gasteiger partial charge is 0.263 e. The number of aryl methyl sites for hydroxylation is 2. The van der Waals surface area contributed by atoms with E-state index in [4.69, 9.17) is 11.6 Å². The van der Waals surface area contributed by atoms with Gasteiger partial charge >= 0.3 is 0 Å². The fraction of sp³-hybridized carbons (Fsp3) is 0.105. The van der Waals surface area contributed by atoms with E-state index in [0.717, 1.165) is 22.3 Å². The summed E-state index contributed by atoms with van der Waals surface area (Å²) in [6.07, 6.45) is 1.54. The maximum absolute atomic E-state index is 13.2. The number of hydrogen-bond acceptors (Lipinski definition) is 3. The summed E-state index contributed by atoms with van der Waals surface area (Å²) in [5.74, 6) is -0.120. The van der Waals surface area contributed by atoms with Gasteiger partial charge in [-0.15, -0.1) is 0 Å². The van der Waals surface area contributed by atoms with E-state index in [1.165, 1.54) is 24.3 Å². The van der Waals surface area contributed by atoms with Gasteiger partial charge in [-0.1, -0.05) is 23.7 Å². The highest BCUT2D eigenvalue weighted by Gasteiger charge is 2.16. The van der Waals surface area contributed by atoms with Crippen molar-refractivity contribution in [2.45, 2.75) is 18.7 Å². The predicted octanol–water partition coefficient (Wildman–Crippen LogP) is 4.96. The van der Waals surface area contributed by atoms with Gasteiger partial charge < -0.3 is 0 Å². The molecule has 0 saturated carbocycles. The number of nitrogens with zero attached hydrogens (tertiary/aromatic N) is 1. The highest BCUT2D eigenvalue weighted by molar-refractivity contribution is 7.92. The van der Waals surface area contributed by atoms with Gasteiger partial charge in [0.25, 0.3) is 10.0 Å². The van der Waals surface area contributed by atoms with Gasteiger partial charge in [-0.25, -0.2) is 17.8 Å². The van der Waals surface area contributed by atoms with E-state index in [9.17, 15) is 12.8 Å². The molecule has 0 atom stereocenters. The fourth-order valence-electron chi connectivity index (χ4n) is 2.50. The smallest absolute Gasteiger partial charge is 0.263 e. The molecule has 0 bridgehead atoms. The zero-order valence-corrected chi connectivity index (χ0v) is 15.7. The monoisotopic (exact) mass is 390 g/mol. The number of pyridine rings is 1. The molecule has 0 unspecified atom stereocenters. The van der Waals surface area contributed by atoms with E-state index < -0.39 is 10.0 Å². The van der Waals surface area contributed by atoms with E-state index in [0.29, 0.717) is 5.02 Å². The number of rotatable bonds is 4. The molecule has 0 amide bonds. The zero-order chi connectivity index (χ0) is 18.9. The molecule has 0 fully saturated rings. The molecule has 1 aromatic heterocycles. The van der Waals surface area contributed by atoms with Crippen LogP contribution < -0.4 is 4.72 Å². The Kier molecular flexibility index (Phi) is 4.98. The highest BCUT2D eigenvalue weighted by atomic mass is 35.5. The first-order valence-corrected chi connectivity index (χ1v) is 9.64. The van der Waals surface area contributed by atoms with Gasteiger partial charge in [-0.3, -0.25) is 4.72 Å². The van der Waals surface area contributed by atoms with Crippen LogP contribution in [-0.2, 0) is 10.0 Å². The molecule has 2 aromatic carbocycles. The van der Waals surface area contributed by atoms with Crippen LogP contribution >= 0.6 is 11.6 Å². The number of halogens is 2. The van der Waals surface area contributed by atoms with Crippen LogP contribution in [0.4, 0.5) is 10.2 Å². The molecule has 7 heteroatoms. The Morgan fingerprint density at radius 1 is 1.00 bits per heavy atom. The van der Waals surface area contributed by atoms with Crippen molar-refractivity contribution in [1.82, 2.24) is 4.98 Å². The molecule has 4 nitrogen and oxygen atoms in total. The molecule has 0 spiro atoms. The molecule has 1 heterocycles. The lowest BCUT2D eigenvalue weighted by molar-refractivity contribution is 0.601. The summed E-state index contributed by atoms with van der Waals surface area (Å²) < 4.78 is 40.6. The Balaban J connectivity index is 1.85. The van der Waals surface area contributed by atoms with Crippen molar-refractivity contribution in [3.05, 3.63) is 76.7 Å². The summed E-state index contributed by atoms with van der Waals surface area (Å²) in [5, 5.41) is 0.378. The lowest BCUT2D eigenvalue weighted by Gasteiger charge is -2.10. The minimum absolute atomic E-state index is 0.0633. The van der Waals surface area contributed by atoms with Crippen LogP contribution in [0.25, 0.3) is 11.1 Å². The number of hydrogen-bond donors (Lipinski definition) is 1. The third-order valence-electron chi connectivity index (χ3n) is 3.96. The predicted molar refractivity (Wildman–Crippen MR) is 101 cm³/mol. The summed E-state index contributed by atoms with van der Waals surface area (Å²) in [7, 11) is -3.79. The zero-order valence-electron chi connectivity index (χ0n) is 14.1. The summed E-state index contributed by atoms with van der Waals surface area (Å²) in [4.78, 5) is 4.22. The molecule has 3 aromatic rings. The summed E-state index contributed by atoms with van der Waals surface area (Å²) in [6.45, 7) is 3.60. The van der Waals surface area contributed by atoms with Crippen LogP contribution in [0.15, 0.2) is 59.6 Å². The lowest BCUT2D eigenvalue weighted by atomic mass is 10.0. The van der Waals surface area contributed by atoms with Gasteiger partial charge in [0.1, 0.15) is 11.6 Å². The maximum Gasteiger partial charge on any atom is 0.263 e. The second kappa shape index (κ2) is 7.05. The number of sulfonamides is 1. The van der Waals surface area contributed by atoms with Gasteiger partial charge in [0, 0.05) is 16.8 Å². The fourth-order valence-corrected chi connectivity index (χ4v) is 3.78. The number of aromatic nitrogens is 1. The van der Waals surface area contributed by atoms with Gasteiger partial charge in [0.05, 0.1) is 4.90 Å².